The molecule has 1 aromatic carbocycles. The van der Waals surface area contributed by atoms with Crippen molar-refractivity contribution in [3.8, 4) is 0 Å². The van der Waals surface area contributed by atoms with Gasteiger partial charge >= 0.3 is 0 Å². The summed E-state index contributed by atoms with van der Waals surface area (Å²) in [6.45, 7) is 7.24. The molecular weight excluding hydrogens is 450 g/mol. The molecule has 1 amide bonds. The lowest BCUT2D eigenvalue weighted by Crippen LogP contribution is -2.43. The van der Waals surface area contributed by atoms with Gasteiger partial charge in [0.2, 0.25) is 0 Å². The van der Waals surface area contributed by atoms with Gasteiger partial charge in [-0.15, -0.1) is 10.2 Å². The van der Waals surface area contributed by atoms with E-state index in [-0.39, 0.29) is 16.9 Å². The molecule has 2 N–H and O–H groups in total. The second kappa shape index (κ2) is 8.27. The number of nitrogens with one attached hydrogen (secondary N) is 2. The number of pyridine rings is 1. The summed E-state index contributed by atoms with van der Waals surface area (Å²) >= 11 is 0. The number of carbonyl (C=O) groups excluding carboxylic acids is 1. The first-order valence-corrected chi connectivity index (χ1v) is 12.7. The molecule has 36 heavy (non-hydrogen) atoms. The summed E-state index contributed by atoms with van der Waals surface area (Å²) in [5.41, 5.74) is 5.30. The van der Waals surface area contributed by atoms with Gasteiger partial charge in [0.25, 0.3) is 5.91 Å². The average molecular weight is 484 g/mol. The zero-order valence-corrected chi connectivity index (χ0v) is 21.4. The normalized spacial score (nSPS) is 22.4. The van der Waals surface area contributed by atoms with Crippen LogP contribution in [0, 0.1) is 12.8 Å². The highest BCUT2D eigenvalue weighted by Crippen LogP contribution is 2.51. The Bertz CT molecular complexity index is 1460. The minimum Gasteiger partial charge on any atom is -0.322 e. The molecule has 6 rings (SSSR count). The van der Waals surface area contributed by atoms with Gasteiger partial charge in [-0.3, -0.25) is 4.79 Å². The number of carbonyl (C=O) groups is 1. The number of nitrogens with zero attached hydrogens (tertiary/aromatic N) is 5. The van der Waals surface area contributed by atoms with E-state index in [9.17, 15) is 4.79 Å². The van der Waals surface area contributed by atoms with Crippen LogP contribution in [-0.2, 0) is 19.0 Å². The van der Waals surface area contributed by atoms with Crippen LogP contribution in [0.2, 0.25) is 0 Å². The highest BCUT2D eigenvalue weighted by atomic mass is 16.1. The largest absolute Gasteiger partial charge is 0.322 e. The van der Waals surface area contributed by atoms with Gasteiger partial charge < -0.3 is 19.6 Å². The fraction of sp³-hybridized carbons (Fsp3) is 0.429. The molecule has 4 aromatic rings. The molecule has 0 aliphatic heterocycles. The van der Waals surface area contributed by atoms with Crippen molar-refractivity contribution in [2.45, 2.75) is 64.0 Å². The molecule has 2 saturated carbocycles. The number of fused-ring (bicyclic) bond motifs is 1. The Balaban J connectivity index is 1.30. The number of benzene rings is 1. The zero-order valence-electron chi connectivity index (χ0n) is 21.4. The van der Waals surface area contributed by atoms with E-state index in [0.29, 0.717) is 17.1 Å². The van der Waals surface area contributed by atoms with Crippen LogP contribution in [0.1, 0.15) is 72.5 Å². The van der Waals surface area contributed by atoms with Crippen molar-refractivity contribution in [3.05, 3.63) is 77.3 Å². The molecule has 0 spiro atoms. The maximum atomic E-state index is 13.6. The van der Waals surface area contributed by atoms with Gasteiger partial charge in [-0.1, -0.05) is 19.1 Å². The second-order valence-corrected chi connectivity index (χ2v) is 11.2. The lowest BCUT2D eigenvalue weighted by Gasteiger charge is -2.46. The maximum Gasteiger partial charge on any atom is 0.259 e. The van der Waals surface area contributed by atoms with E-state index in [4.69, 9.17) is 0 Å². The quantitative estimate of drug-likeness (QED) is 0.407. The zero-order chi connectivity index (χ0) is 25.1. The second-order valence-electron chi connectivity index (χ2n) is 11.2. The molecule has 0 radical (unpaired) electrons. The third kappa shape index (κ3) is 3.89. The van der Waals surface area contributed by atoms with Crippen molar-refractivity contribution < 1.29 is 4.79 Å². The Morgan fingerprint density at radius 2 is 2.03 bits per heavy atom. The Labute approximate surface area is 211 Å². The van der Waals surface area contributed by atoms with E-state index in [1.807, 2.05) is 47.3 Å². The number of rotatable bonds is 7. The van der Waals surface area contributed by atoms with Crippen molar-refractivity contribution in [1.29, 1.82) is 0 Å². The first-order valence-electron chi connectivity index (χ1n) is 12.7. The van der Waals surface area contributed by atoms with Gasteiger partial charge in [0, 0.05) is 42.9 Å². The Kier molecular flexibility index (Phi) is 5.26. The molecular formula is C28H33N7O. The van der Waals surface area contributed by atoms with Gasteiger partial charge in [0.1, 0.15) is 17.8 Å². The number of hydrogen-bond donors (Lipinski definition) is 2. The molecule has 186 valence electrons. The number of aromatic nitrogens is 5. The van der Waals surface area contributed by atoms with Gasteiger partial charge in [0.05, 0.1) is 11.0 Å². The summed E-state index contributed by atoms with van der Waals surface area (Å²) in [5.74, 6) is 1.44. The fourth-order valence-electron chi connectivity index (χ4n) is 5.69. The molecule has 8 heteroatoms. The lowest BCUT2D eigenvalue weighted by molar-refractivity contribution is 0.102. The van der Waals surface area contributed by atoms with Crippen molar-refractivity contribution in [1.82, 2.24) is 29.5 Å². The summed E-state index contributed by atoms with van der Waals surface area (Å²) in [7, 11) is 1.99. The molecule has 2 fully saturated rings. The van der Waals surface area contributed by atoms with E-state index in [1.165, 1.54) is 12.8 Å². The molecule has 0 bridgehead atoms. The summed E-state index contributed by atoms with van der Waals surface area (Å²) in [4.78, 5) is 18.1. The van der Waals surface area contributed by atoms with Gasteiger partial charge in [0.15, 0.2) is 0 Å². The molecule has 3 heterocycles. The van der Waals surface area contributed by atoms with Crippen LogP contribution in [-0.4, -0.2) is 35.6 Å². The summed E-state index contributed by atoms with van der Waals surface area (Å²) < 4.78 is 4.02. The van der Waals surface area contributed by atoms with Crippen molar-refractivity contribution in [2.24, 2.45) is 13.0 Å². The van der Waals surface area contributed by atoms with Crippen LogP contribution in [0.25, 0.3) is 5.65 Å². The maximum absolute atomic E-state index is 13.6. The molecule has 2 aliphatic rings. The summed E-state index contributed by atoms with van der Waals surface area (Å²) in [6, 6.07) is 10.1. The minimum absolute atomic E-state index is 0.156. The van der Waals surface area contributed by atoms with Gasteiger partial charge in [-0.2, -0.15) is 0 Å². The van der Waals surface area contributed by atoms with Crippen molar-refractivity contribution in [3.63, 3.8) is 0 Å². The standard InChI is InChI=1S/C28H33N7O/c1-18-12-28(13-18,26-33-31-17-34(26)4)21-6-5-7-22(11-21)32-25(36)23-10-20(15-30-27(3)8-9-27)16-35-19(2)14-29-24(23)35/h5-7,10-11,14,16-18,30H,8-9,12-13,15H2,1-4H3,(H,32,36). The fourth-order valence-corrected chi connectivity index (χ4v) is 5.69. The van der Waals surface area contributed by atoms with E-state index in [1.54, 1.807) is 6.33 Å². The number of imidazole rings is 1. The lowest BCUT2D eigenvalue weighted by atomic mass is 9.58. The molecule has 8 nitrogen and oxygen atoms in total. The highest BCUT2D eigenvalue weighted by Gasteiger charge is 2.48. The molecule has 3 aromatic heterocycles. The predicted molar refractivity (Wildman–Crippen MR) is 139 cm³/mol. The third-order valence-electron chi connectivity index (χ3n) is 8.02. The Hall–Kier alpha value is -3.52. The van der Waals surface area contributed by atoms with E-state index < -0.39 is 0 Å². The Morgan fingerprint density at radius 1 is 1.22 bits per heavy atom. The van der Waals surface area contributed by atoms with Crippen molar-refractivity contribution in [2.75, 3.05) is 5.32 Å². The van der Waals surface area contributed by atoms with Gasteiger partial charge in [-0.05, 0) is 74.8 Å². The number of amides is 1. The molecule has 0 saturated heterocycles. The van der Waals surface area contributed by atoms with Crippen LogP contribution in [0.15, 0.2) is 49.1 Å². The van der Waals surface area contributed by atoms with E-state index in [0.717, 1.165) is 47.7 Å². The predicted octanol–water partition coefficient (Wildman–Crippen LogP) is 4.38. The molecule has 2 aliphatic carbocycles. The first-order chi connectivity index (χ1) is 17.3. The third-order valence-corrected chi connectivity index (χ3v) is 8.02. The minimum atomic E-state index is -0.177. The topological polar surface area (TPSA) is 89.1 Å². The first kappa shape index (κ1) is 22.9. The van der Waals surface area contributed by atoms with Crippen molar-refractivity contribution >= 4 is 17.2 Å². The van der Waals surface area contributed by atoms with Crippen LogP contribution in [0.3, 0.4) is 0 Å². The van der Waals surface area contributed by atoms with E-state index in [2.05, 4.69) is 58.0 Å². The number of aryl methyl sites for hydroxylation is 2. The number of hydrogen-bond acceptors (Lipinski definition) is 5. The SMILES string of the molecule is Cc1cnc2c(C(=O)Nc3cccc(C4(c5nncn5C)CC(C)C4)c3)cc(CNC3(C)CC3)cn12. The van der Waals surface area contributed by atoms with Crippen LogP contribution in [0.5, 0.6) is 0 Å². The average Bonchev–Trinajstić information content (AvgIpc) is 3.23. The van der Waals surface area contributed by atoms with Gasteiger partial charge in [-0.25, -0.2) is 4.98 Å². The monoisotopic (exact) mass is 483 g/mol. The van der Waals surface area contributed by atoms with Crippen LogP contribution >= 0.6 is 0 Å². The smallest absolute Gasteiger partial charge is 0.259 e. The van der Waals surface area contributed by atoms with Crippen LogP contribution < -0.4 is 10.6 Å². The molecule has 0 unspecified atom stereocenters. The summed E-state index contributed by atoms with van der Waals surface area (Å²) in [5, 5.41) is 15.4. The summed E-state index contributed by atoms with van der Waals surface area (Å²) in [6.07, 6.45) is 10.1. The highest BCUT2D eigenvalue weighted by molar-refractivity contribution is 6.08. The Morgan fingerprint density at radius 3 is 2.72 bits per heavy atom. The number of anilines is 1. The molecule has 0 atom stereocenters. The van der Waals surface area contributed by atoms with E-state index >= 15 is 0 Å². The van der Waals surface area contributed by atoms with Crippen LogP contribution in [0.4, 0.5) is 5.69 Å².